The minimum atomic E-state index is -2.95. The van der Waals surface area contributed by atoms with E-state index < -0.39 is 14.6 Å². The molecule has 1 N–H and O–H groups in total. The molecule has 0 aliphatic heterocycles. The molecular weight excluding hydrogens is 406 g/mol. The molecule has 0 aliphatic rings. The van der Waals surface area contributed by atoms with Crippen molar-refractivity contribution in [2.75, 3.05) is 7.11 Å². The molecule has 3 rings (SSSR count). The van der Waals surface area contributed by atoms with E-state index >= 15 is 0 Å². The van der Waals surface area contributed by atoms with Crippen LogP contribution >= 0.6 is 0 Å². The van der Waals surface area contributed by atoms with Gasteiger partial charge in [-0.3, -0.25) is 0 Å². The van der Waals surface area contributed by atoms with Crippen LogP contribution in [0.4, 0.5) is 0 Å². The predicted molar refractivity (Wildman–Crippen MR) is 116 cm³/mol. The molecule has 1 atom stereocenters. The Balaban J connectivity index is 1.93. The molecule has 29 heavy (non-hydrogen) atoms. The van der Waals surface area contributed by atoms with E-state index in [2.05, 4.69) is 0 Å². The Morgan fingerprint density at radius 3 is 2.00 bits per heavy atom. The van der Waals surface area contributed by atoms with Crippen LogP contribution in [0.5, 0.6) is 5.75 Å². The molecule has 0 amide bonds. The normalized spacial score (nSPS) is 13.0. The number of nitrogens with zero attached hydrogens (tertiary/aromatic N) is 1. The van der Waals surface area contributed by atoms with Gasteiger partial charge in [0.25, 0.3) is 0 Å². The monoisotopic (exact) mass is 427 g/mol. The number of carboxylic acids is 1. The van der Waals surface area contributed by atoms with Crippen molar-refractivity contribution in [2.24, 2.45) is 0 Å². The molecule has 0 spiro atoms. The Morgan fingerprint density at radius 1 is 0.931 bits per heavy atom. The number of benzene rings is 3. The van der Waals surface area contributed by atoms with Gasteiger partial charge in [0.15, 0.2) is 0 Å². The zero-order chi connectivity index (χ0) is 20.9. The van der Waals surface area contributed by atoms with Crippen LogP contribution in [0.2, 0.25) is 0 Å². The number of carbonyl (C=O) groups is 1. The third-order valence-electron chi connectivity index (χ3n) is 4.46. The van der Waals surface area contributed by atoms with Gasteiger partial charge in [0.1, 0.15) is 14.4 Å². The quantitative estimate of drug-likeness (QED) is 0.586. The summed E-state index contributed by atoms with van der Waals surface area (Å²) < 4.78 is 20.6. The smallest absolute Gasteiger partial charge is 0.335 e. The van der Waals surface area contributed by atoms with Crippen LogP contribution in [0.1, 0.15) is 21.5 Å². The van der Waals surface area contributed by atoms with Gasteiger partial charge in [-0.1, -0.05) is 42.5 Å². The zero-order valence-electron chi connectivity index (χ0n) is 15.9. The highest BCUT2D eigenvalue weighted by molar-refractivity contribution is 8.31. The fraction of sp³-hybridized carbons (Fsp3) is 0.136. The van der Waals surface area contributed by atoms with Gasteiger partial charge in [0, 0.05) is 24.3 Å². The molecule has 0 fully saturated rings. The first-order valence-corrected chi connectivity index (χ1v) is 11.3. The van der Waals surface area contributed by atoms with Gasteiger partial charge in [-0.2, -0.15) is 0 Å². The summed E-state index contributed by atoms with van der Waals surface area (Å²) in [5, 5.41) is 9.09. The Labute approximate surface area is 175 Å². The van der Waals surface area contributed by atoms with Crippen LogP contribution in [-0.4, -0.2) is 26.7 Å². The molecule has 150 valence electrons. The topological polar surface area (TPSA) is 66.8 Å². The van der Waals surface area contributed by atoms with Crippen LogP contribution < -0.4 is 4.74 Å². The van der Waals surface area contributed by atoms with Crippen LogP contribution in [-0.2, 0) is 33.0 Å². The molecule has 0 aliphatic carbocycles. The minimum Gasteiger partial charge on any atom is -0.497 e. The van der Waals surface area contributed by atoms with Crippen molar-refractivity contribution in [3.8, 4) is 5.75 Å². The lowest BCUT2D eigenvalue weighted by atomic mass is 10.1. The molecule has 5 nitrogen and oxygen atoms in total. The first-order chi connectivity index (χ1) is 13.9. The number of carboxylic acid groups (broad SMARTS) is 1. The lowest BCUT2D eigenvalue weighted by Gasteiger charge is -2.25. The largest absolute Gasteiger partial charge is 0.497 e. The molecular formula is C22H21NO4S2. The number of hydrogen-bond acceptors (Lipinski definition) is 4. The van der Waals surface area contributed by atoms with Gasteiger partial charge in [0.2, 0.25) is 0 Å². The minimum absolute atomic E-state index is 0.206. The highest BCUT2D eigenvalue weighted by atomic mass is 32.8. The first kappa shape index (κ1) is 21.0. The summed E-state index contributed by atoms with van der Waals surface area (Å²) in [7, 11) is -1.38. The van der Waals surface area contributed by atoms with Gasteiger partial charge in [-0.15, -0.1) is 0 Å². The Hall–Kier alpha value is -2.74. The highest BCUT2D eigenvalue weighted by Crippen LogP contribution is 2.24. The average Bonchev–Trinajstić information content (AvgIpc) is 2.74. The summed E-state index contributed by atoms with van der Waals surface area (Å²) in [5.41, 5.74) is 2.02. The van der Waals surface area contributed by atoms with Crippen LogP contribution in [0.25, 0.3) is 0 Å². The second-order valence-corrected chi connectivity index (χ2v) is 9.73. The average molecular weight is 428 g/mol. The van der Waals surface area contributed by atoms with Crippen LogP contribution in [0, 0.1) is 0 Å². The summed E-state index contributed by atoms with van der Waals surface area (Å²) >= 11 is 5.60. The highest BCUT2D eigenvalue weighted by Gasteiger charge is 2.22. The Morgan fingerprint density at radius 2 is 1.48 bits per heavy atom. The summed E-state index contributed by atoms with van der Waals surface area (Å²) in [6, 6.07) is 23.1. The van der Waals surface area contributed by atoms with E-state index in [0.717, 1.165) is 11.1 Å². The predicted octanol–water partition coefficient (Wildman–Crippen LogP) is 4.12. The van der Waals surface area contributed by atoms with Gasteiger partial charge >= 0.3 is 5.97 Å². The summed E-state index contributed by atoms with van der Waals surface area (Å²) in [5.74, 6) is -0.319. The van der Waals surface area contributed by atoms with Crippen molar-refractivity contribution in [1.82, 2.24) is 4.31 Å². The van der Waals surface area contributed by atoms with Crippen molar-refractivity contribution in [3.05, 3.63) is 95.6 Å². The van der Waals surface area contributed by atoms with Crippen molar-refractivity contribution in [2.45, 2.75) is 18.0 Å². The van der Waals surface area contributed by atoms with Crippen molar-refractivity contribution >= 4 is 25.8 Å². The molecule has 0 radical (unpaired) electrons. The number of methoxy groups -OCH3 is 1. The van der Waals surface area contributed by atoms with Crippen molar-refractivity contribution in [1.29, 1.82) is 0 Å². The fourth-order valence-corrected chi connectivity index (χ4v) is 4.93. The Kier molecular flexibility index (Phi) is 6.64. The van der Waals surface area contributed by atoms with Crippen molar-refractivity contribution < 1.29 is 18.8 Å². The number of rotatable bonds is 8. The Bertz CT molecular complexity index is 1060. The van der Waals surface area contributed by atoms with Crippen molar-refractivity contribution in [3.63, 3.8) is 0 Å². The van der Waals surface area contributed by atoms with Crippen LogP contribution in [0.3, 0.4) is 0 Å². The number of hydrogen-bond donors (Lipinski definition) is 1. The van der Waals surface area contributed by atoms with E-state index in [1.807, 2.05) is 30.3 Å². The SMILES string of the molecule is COc1ccc(S(=O)(=S)N(Cc2ccccc2)Cc2ccc(C(=O)O)cc2)cc1. The maximum atomic E-state index is 13.7. The number of aromatic carboxylic acids is 1. The standard InChI is InChI=1S/C22H21NO4S2/c1-27-20-11-13-21(14-12-20)29(26,28)23(15-17-5-3-2-4-6-17)16-18-7-9-19(10-8-18)22(24)25/h2-14H,15-16H2,1H3,(H,24,25). The number of ether oxygens (including phenoxy) is 1. The molecule has 7 heteroatoms. The molecule has 0 saturated carbocycles. The lowest BCUT2D eigenvalue weighted by molar-refractivity contribution is 0.0697. The zero-order valence-corrected chi connectivity index (χ0v) is 17.5. The fourth-order valence-electron chi connectivity index (χ4n) is 2.87. The van der Waals surface area contributed by atoms with E-state index in [9.17, 15) is 9.00 Å². The van der Waals surface area contributed by atoms with Gasteiger partial charge in [-0.05, 0) is 47.5 Å². The van der Waals surface area contributed by atoms with Gasteiger partial charge < -0.3 is 9.84 Å². The third kappa shape index (κ3) is 5.20. The summed E-state index contributed by atoms with van der Waals surface area (Å²) in [6.45, 7) is 0.721. The summed E-state index contributed by atoms with van der Waals surface area (Å²) in [4.78, 5) is 11.6. The maximum Gasteiger partial charge on any atom is 0.335 e. The van der Waals surface area contributed by atoms with E-state index in [0.29, 0.717) is 23.7 Å². The molecule has 3 aromatic carbocycles. The lowest BCUT2D eigenvalue weighted by Crippen LogP contribution is -2.29. The molecule has 0 heterocycles. The maximum absolute atomic E-state index is 13.7. The molecule has 0 saturated heterocycles. The van der Waals surface area contributed by atoms with Gasteiger partial charge in [-0.25, -0.2) is 13.3 Å². The second-order valence-electron chi connectivity index (χ2n) is 6.44. The molecule has 0 aromatic heterocycles. The molecule has 0 bridgehead atoms. The van der Waals surface area contributed by atoms with E-state index in [1.165, 1.54) is 12.1 Å². The third-order valence-corrected chi connectivity index (χ3v) is 7.47. The first-order valence-electron chi connectivity index (χ1n) is 8.90. The second kappa shape index (κ2) is 9.17. The van der Waals surface area contributed by atoms with E-state index in [-0.39, 0.29) is 5.56 Å². The molecule has 3 aromatic rings. The van der Waals surface area contributed by atoms with E-state index in [4.69, 9.17) is 21.0 Å². The van der Waals surface area contributed by atoms with Gasteiger partial charge in [0.05, 0.1) is 17.6 Å². The van der Waals surface area contributed by atoms with Crippen LogP contribution in [0.15, 0.2) is 83.8 Å². The molecule has 1 unspecified atom stereocenters. The van der Waals surface area contributed by atoms with E-state index in [1.54, 1.807) is 47.8 Å². The summed E-state index contributed by atoms with van der Waals surface area (Å²) in [6.07, 6.45) is 0.